The van der Waals surface area contributed by atoms with Crippen LogP contribution in [0.25, 0.3) is 10.8 Å². The maximum Gasteiger partial charge on any atom is 0.240 e. The van der Waals surface area contributed by atoms with Crippen molar-refractivity contribution in [3.8, 4) is 11.5 Å². The number of nitrogens with zero attached hydrogens (tertiary/aromatic N) is 1. The fourth-order valence-corrected chi connectivity index (χ4v) is 3.53. The van der Waals surface area contributed by atoms with Gasteiger partial charge >= 0.3 is 0 Å². The standard InChI is InChI=1S/C27H32N2O3/c1-19(2)18-32-26-15-13-22(24-9-5-6-10-25(24)26)17-28-29-27(30)11-7-8-21-12-14-23(31-4)16-20(21)3/h5-6,9-10,12-17,19H,7-8,11,18H2,1-4H3,(H,29,30)/b28-17-. The van der Waals surface area contributed by atoms with Crippen molar-refractivity contribution in [3.63, 3.8) is 0 Å². The van der Waals surface area contributed by atoms with Crippen molar-refractivity contribution >= 4 is 22.9 Å². The van der Waals surface area contributed by atoms with Crippen molar-refractivity contribution in [2.45, 2.75) is 40.0 Å². The Kier molecular flexibility index (Phi) is 8.26. The van der Waals surface area contributed by atoms with Crippen molar-refractivity contribution in [3.05, 3.63) is 71.3 Å². The molecule has 0 aliphatic carbocycles. The molecular weight excluding hydrogens is 400 g/mol. The summed E-state index contributed by atoms with van der Waals surface area (Å²) < 4.78 is 11.2. The number of methoxy groups -OCH3 is 1. The average molecular weight is 433 g/mol. The normalized spacial score (nSPS) is 11.3. The van der Waals surface area contributed by atoms with E-state index in [-0.39, 0.29) is 5.91 Å². The molecule has 3 rings (SSSR count). The van der Waals surface area contributed by atoms with Gasteiger partial charge in [0.1, 0.15) is 11.5 Å². The maximum atomic E-state index is 12.2. The molecule has 32 heavy (non-hydrogen) atoms. The number of hydrazone groups is 1. The summed E-state index contributed by atoms with van der Waals surface area (Å²) in [4.78, 5) is 12.2. The van der Waals surface area contributed by atoms with E-state index in [0.717, 1.165) is 40.7 Å². The van der Waals surface area contributed by atoms with Crippen molar-refractivity contribution in [2.24, 2.45) is 11.0 Å². The van der Waals surface area contributed by atoms with Crippen LogP contribution in [-0.4, -0.2) is 25.8 Å². The molecule has 0 atom stereocenters. The van der Waals surface area contributed by atoms with Crippen molar-refractivity contribution in [2.75, 3.05) is 13.7 Å². The topological polar surface area (TPSA) is 59.9 Å². The lowest BCUT2D eigenvalue weighted by atomic mass is 10.0. The highest BCUT2D eigenvalue weighted by atomic mass is 16.5. The molecule has 3 aromatic rings. The number of hydrogen-bond acceptors (Lipinski definition) is 4. The van der Waals surface area contributed by atoms with E-state index in [2.05, 4.69) is 37.4 Å². The molecule has 0 saturated heterocycles. The van der Waals surface area contributed by atoms with E-state index in [1.807, 2.05) is 48.5 Å². The highest BCUT2D eigenvalue weighted by Crippen LogP contribution is 2.28. The molecule has 168 valence electrons. The molecule has 0 aliphatic heterocycles. The van der Waals surface area contributed by atoms with Crippen molar-refractivity contribution < 1.29 is 14.3 Å². The minimum atomic E-state index is -0.0893. The minimum absolute atomic E-state index is 0.0893. The lowest BCUT2D eigenvalue weighted by Gasteiger charge is -2.12. The van der Waals surface area contributed by atoms with Crippen LogP contribution < -0.4 is 14.9 Å². The maximum absolute atomic E-state index is 12.2. The monoisotopic (exact) mass is 432 g/mol. The number of carbonyl (C=O) groups excluding carboxylic acids is 1. The first-order valence-electron chi connectivity index (χ1n) is 11.1. The quantitative estimate of drug-likeness (QED) is 0.332. The van der Waals surface area contributed by atoms with E-state index in [1.165, 1.54) is 11.1 Å². The van der Waals surface area contributed by atoms with Gasteiger partial charge in [-0.05, 0) is 66.5 Å². The zero-order chi connectivity index (χ0) is 22.9. The summed E-state index contributed by atoms with van der Waals surface area (Å²) >= 11 is 0. The lowest BCUT2D eigenvalue weighted by molar-refractivity contribution is -0.121. The first-order chi connectivity index (χ1) is 15.5. The number of carbonyl (C=O) groups is 1. The van der Waals surface area contributed by atoms with Gasteiger partial charge in [0.2, 0.25) is 5.91 Å². The Balaban J connectivity index is 1.56. The van der Waals surface area contributed by atoms with Gasteiger partial charge in [-0.3, -0.25) is 4.79 Å². The highest BCUT2D eigenvalue weighted by molar-refractivity contribution is 6.02. The van der Waals surface area contributed by atoms with Gasteiger partial charge in [-0.25, -0.2) is 5.43 Å². The fraction of sp³-hybridized carbons (Fsp3) is 0.333. The second kappa shape index (κ2) is 11.3. The summed E-state index contributed by atoms with van der Waals surface area (Å²) in [5.74, 6) is 2.09. The van der Waals surface area contributed by atoms with Crippen molar-refractivity contribution in [1.82, 2.24) is 5.43 Å². The summed E-state index contributed by atoms with van der Waals surface area (Å²) in [5, 5.41) is 6.26. The van der Waals surface area contributed by atoms with Crippen molar-refractivity contribution in [1.29, 1.82) is 0 Å². The number of fused-ring (bicyclic) bond motifs is 1. The van der Waals surface area contributed by atoms with Crippen LogP contribution in [0.4, 0.5) is 0 Å². The lowest BCUT2D eigenvalue weighted by Crippen LogP contribution is -2.17. The molecule has 0 spiro atoms. The summed E-state index contributed by atoms with van der Waals surface area (Å²) in [7, 11) is 1.66. The smallest absolute Gasteiger partial charge is 0.240 e. The van der Waals surface area contributed by atoms with Crippen LogP contribution in [0.15, 0.2) is 59.7 Å². The van der Waals surface area contributed by atoms with E-state index < -0.39 is 0 Å². The number of amides is 1. The van der Waals surface area contributed by atoms with Crippen LogP contribution in [0.2, 0.25) is 0 Å². The number of nitrogens with one attached hydrogen (secondary N) is 1. The van der Waals surface area contributed by atoms with Gasteiger partial charge < -0.3 is 9.47 Å². The fourth-order valence-electron chi connectivity index (χ4n) is 3.53. The Morgan fingerprint density at radius 3 is 2.59 bits per heavy atom. The average Bonchev–Trinajstić information content (AvgIpc) is 2.79. The molecule has 5 heteroatoms. The number of aryl methyl sites for hydroxylation is 2. The van der Waals surface area contributed by atoms with E-state index in [4.69, 9.17) is 9.47 Å². The van der Waals surface area contributed by atoms with Crippen LogP contribution in [0.5, 0.6) is 11.5 Å². The van der Waals surface area contributed by atoms with Gasteiger partial charge in [-0.1, -0.05) is 44.2 Å². The molecule has 5 nitrogen and oxygen atoms in total. The molecule has 0 bridgehead atoms. The van der Waals surface area contributed by atoms with Gasteiger partial charge in [0.25, 0.3) is 0 Å². The molecule has 0 fully saturated rings. The largest absolute Gasteiger partial charge is 0.497 e. The van der Waals surface area contributed by atoms with E-state index in [1.54, 1.807) is 13.3 Å². The second-order valence-corrected chi connectivity index (χ2v) is 8.34. The second-order valence-electron chi connectivity index (χ2n) is 8.34. The van der Waals surface area contributed by atoms with Gasteiger partial charge in [0, 0.05) is 17.4 Å². The van der Waals surface area contributed by atoms with Crippen LogP contribution in [0.3, 0.4) is 0 Å². The number of benzene rings is 3. The predicted molar refractivity (Wildman–Crippen MR) is 131 cm³/mol. The molecule has 1 N–H and O–H groups in total. The molecule has 1 amide bonds. The third-order valence-electron chi connectivity index (χ3n) is 5.28. The summed E-state index contributed by atoms with van der Waals surface area (Å²) in [5.41, 5.74) is 5.99. The van der Waals surface area contributed by atoms with Gasteiger partial charge in [0.05, 0.1) is 19.9 Å². The van der Waals surface area contributed by atoms with Gasteiger partial charge in [-0.2, -0.15) is 5.10 Å². The van der Waals surface area contributed by atoms with Gasteiger partial charge in [-0.15, -0.1) is 0 Å². The Hall–Kier alpha value is -3.34. The van der Waals surface area contributed by atoms with Crippen LogP contribution in [0.1, 0.15) is 43.4 Å². The molecule has 0 aliphatic rings. The third-order valence-corrected chi connectivity index (χ3v) is 5.28. The number of rotatable bonds is 10. The van der Waals surface area contributed by atoms with Crippen LogP contribution in [0, 0.1) is 12.8 Å². The minimum Gasteiger partial charge on any atom is -0.497 e. The third kappa shape index (κ3) is 6.33. The first-order valence-corrected chi connectivity index (χ1v) is 11.1. The SMILES string of the molecule is COc1ccc(CCCC(=O)N/N=C\c2ccc(OCC(C)C)c3ccccc23)c(C)c1. The predicted octanol–water partition coefficient (Wildman–Crippen LogP) is 5.66. The first kappa shape index (κ1) is 23.3. The Morgan fingerprint density at radius 2 is 1.88 bits per heavy atom. The summed E-state index contributed by atoms with van der Waals surface area (Å²) in [6.45, 7) is 6.99. The highest BCUT2D eigenvalue weighted by Gasteiger charge is 2.07. The Labute approximate surface area is 190 Å². The molecule has 3 aromatic carbocycles. The Morgan fingerprint density at radius 1 is 1.09 bits per heavy atom. The molecule has 0 aromatic heterocycles. The Bertz CT molecular complexity index is 1090. The molecule has 0 radical (unpaired) electrons. The van der Waals surface area contributed by atoms with Gasteiger partial charge in [0.15, 0.2) is 0 Å². The summed E-state index contributed by atoms with van der Waals surface area (Å²) in [6, 6.07) is 18.0. The van der Waals surface area contributed by atoms with E-state index in [0.29, 0.717) is 18.9 Å². The zero-order valence-corrected chi connectivity index (χ0v) is 19.4. The number of hydrogen-bond donors (Lipinski definition) is 1. The van der Waals surface area contributed by atoms with Crippen LogP contribution in [-0.2, 0) is 11.2 Å². The number of ether oxygens (including phenoxy) is 2. The molecular formula is C27H32N2O3. The van der Waals surface area contributed by atoms with E-state index >= 15 is 0 Å². The van der Waals surface area contributed by atoms with E-state index in [9.17, 15) is 4.79 Å². The molecule has 0 saturated carbocycles. The van der Waals surface area contributed by atoms with Crippen LogP contribution >= 0.6 is 0 Å². The summed E-state index contributed by atoms with van der Waals surface area (Å²) in [6.07, 6.45) is 3.72. The molecule has 0 unspecified atom stereocenters. The zero-order valence-electron chi connectivity index (χ0n) is 19.4. The molecule has 0 heterocycles.